The molecule has 6 nitrogen and oxygen atoms in total. The number of nitrogens with one attached hydrogen (secondary N) is 2. The van der Waals surface area contributed by atoms with Crippen LogP contribution in [0.1, 0.15) is 38.3 Å². The van der Waals surface area contributed by atoms with Crippen molar-refractivity contribution in [2.24, 2.45) is 5.92 Å². The van der Waals surface area contributed by atoms with Crippen LogP contribution in [0.2, 0.25) is 0 Å². The summed E-state index contributed by atoms with van der Waals surface area (Å²) in [4.78, 5) is 37.7. The van der Waals surface area contributed by atoms with Gasteiger partial charge in [0.05, 0.1) is 17.6 Å². The van der Waals surface area contributed by atoms with Crippen LogP contribution in [-0.2, 0) is 14.4 Å². The van der Waals surface area contributed by atoms with E-state index in [9.17, 15) is 18.8 Å². The average molecular weight is 397 g/mol. The summed E-state index contributed by atoms with van der Waals surface area (Å²) >= 11 is 0. The highest BCUT2D eigenvalue weighted by atomic mass is 19.1. The molecule has 2 unspecified atom stereocenters. The number of amides is 3. The minimum absolute atomic E-state index is 0.0505. The number of nitrogens with zero attached hydrogens (tertiary/aromatic N) is 1. The van der Waals surface area contributed by atoms with E-state index in [2.05, 4.69) is 10.6 Å². The zero-order chi connectivity index (χ0) is 21.0. The van der Waals surface area contributed by atoms with E-state index in [-0.39, 0.29) is 42.4 Å². The van der Waals surface area contributed by atoms with Gasteiger partial charge in [-0.25, -0.2) is 4.39 Å². The highest BCUT2D eigenvalue weighted by Gasteiger charge is 2.36. The molecule has 3 amide bonds. The summed E-state index contributed by atoms with van der Waals surface area (Å²) < 4.78 is 14.0. The molecule has 7 heteroatoms. The molecule has 0 aromatic heterocycles. The van der Waals surface area contributed by atoms with Crippen molar-refractivity contribution in [2.75, 3.05) is 16.8 Å². The maximum Gasteiger partial charge on any atom is 0.227 e. The average Bonchev–Trinajstić information content (AvgIpc) is 3.10. The third-order valence-corrected chi connectivity index (χ3v) is 5.01. The lowest BCUT2D eigenvalue weighted by atomic mass is 10.0. The van der Waals surface area contributed by atoms with E-state index in [4.69, 9.17) is 0 Å². The van der Waals surface area contributed by atoms with Crippen molar-refractivity contribution in [3.05, 3.63) is 59.9 Å². The van der Waals surface area contributed by atoms with E-state index in [0.29, 0.717) is 12.1 Å². The van der Waals surface area contributed by atoms with E-state index in [1.54, 1.807) is 31.2 Å². The summed E-state index contributed by atoms with van der Waals surface area (Å²) in [5.41, 5.74) is 1.77. The van der Waals surface area contributed by atoms with Gasteiger partial charge in [-0.15, -0.1) is 0 Å². The Bertz CT molecular complexity index is 914. The maximum absolute atomic E-state index is 14.0. The van der Waals surface area contributed by atoms with Gasteiger partial charge in [0.1, 0.15) is 5.82 Å². The molecule has 0 spiro atoms. The van der Waals surface area contributed by atoms with Gasteiger partial charge in [-0.1, -0.05) is 31.2 Å². The maximum atomic E-state index is 14.0. The second-order valence-corrected chi connectivity index (χ2v) is 7.11. The molecule has 0 bridgehead atoms. The minimum atomic E-state index is -0.535. The molecule has 152 valence electrons. The molecule has 1 aliphatic heterocycles. The zero-order valence-corrected chi connectivity index (χ0v) is 16.4. The fourth-order valence-electron chi connectivity index (χ4n) is 3.31. The summed E-state index contributed by atoms with van der Waals surface area (Å²) in [5.74, 6) is -1.59. The first-order valence-corrected chi connectivity index (χ1v) is 9.64. The Labute approximate surface area is 169 Å². The predicted molar refractivity (Wildman–Crippen MR) is 109 cm³/mol. The van der Waals surface area contributed by atoms with E-state index in [0.717, 1.165) is 5.56 Å². The molecule has 0 saturated carbocycles. The van der Waals surface area contributed by atoms with Crippen molar-refractivity contribution < 1.29 is 18.8 Å². The SMILES string of the molecule is CCC(=O)Nc1ccc(C(C)NC(=O)C2CC(=O)N(c3ccccc3F)C2)cc1. The second kappa shape index (κ2) is 8.86. The van der Waals surface area contributed by atoms with Crippen molar-refractivity contribution in [3.8, 4) is 0 Å². The first-order valence-electron chi connectivity index (χ1n) is 9.64. The van der Waals surface area contributed by atoms with Crippen LogP contribution in [0.3, 0.4) is 0 Å². The van der Waals surface area contributed by atoms with Gasteiger partial charge in [-0.3, -0.25) is 14.4 Å². The van der Waals surface area contributed by atoms with Gasteiger partial charge in [0.2, 0.25) is 17.7 Å². The Morgan fingerprint density at radius 2 is 1.86 bits per heavy atom. The molecular weight excluding hydrogens is 373 g/mol. The number of rotatable bonds is 6. The molecule has 0 aliphatic carbocycles. The van der Waals surface area contributed by atoms with Gasteiger partial charge in [0.25, 0.3) is 0 Å². The molecule has 1 aliphatic rings. The topological polar surface area (TPSA) is 78.5 Å². The number of carbonyl (C=O) groups is 3. The number of benzene rings is 2. The number of anilines is 2. The molecular formula is C22H24FN3O3. The van der Waals surface area contributed by atoms with Crippen LogP contribution in [0.4, 0.5) is 15.8 Å². The lowest BCUT2D eigenvalue weighted by Gasteiger charge is -2.19. The van der Waals surface area contributed by atoms with Gasteiger partial charge >= 0.3 is 0 Å². The highest BCUT2D eigenvalue weighted by Crippen LogP contribution is 2.28. The Kier molecular flexibility index (Phi) is 6.26. The standard InChI is InChI=1S/C22H24FN3O3/c1-3-20(27)25-17-10-8-15(9-11-17)14(2)24-22(29)16-12-21(28)26(13-16)19-7-5-4-6-18(19)23/h4-11,14,16H,3,12-13H2,1-2H3,(H,24,29)(H,25,27). The van der Waals surface area contributed by atoms with Crippen LogP contribution in [-0.4, -0.2) is 24.3 Å². The van der Waals surface area contributed by atoms with Gasteiger partial charge in [-0.05, 0) is 36.8 Å². The largest absolute Gasteiger partial charge is 0.349 e. The van der Waals surface area contributed by atoms with Crippen LogP contribution >= 0.6 is 0 Å². The molecule has 2 atom stereocenters. The second-order valence-electron chi connectivity index (χ2n) is 7.11. The number of hydrogen-bond donors (Lipinski definition) is 2. The fourth-order valence-corrected chi connectivity index (χ4v) is 3.31. The normalized spacial score (nSPS) is 17.1. The van der Waals surface area contributed by atoms with Gasteiger partial charge in [-0.2, -0.15) is 0 Å². The number of hydrogen-bond acceptors (Lipinski definition) is 3. The van der Waals surface area contributed by atoms with E-state index < -0.39 is 11.7 Å². The summed E-state index contributed by atoms with van der Waals surface area (Å²) in [7, 11) is 0. The summed E-state index contributed by atoms with van der Waals surface area (Å²) in [6.45, 7) is 3.78. The molecule has 1 heterocycles. The molecule has 1 saturated heterocycles. The molecule has 1 fully saturated rings. The Morgan fingerprint density at radius 1 is 1.17 bits per heavy atom. The summed E-state index contributed by atoms with van der Waals surface area (Å²) in [5, 5.41) is 5.69. The van der Waals surface area contributed by atoms with Crippen molar-refractivity contribution in [1.29, 1.82) is 0 Å². The van der Waals surface area contributed by atoms with Crippen LogP contribution in [0.15, 0.2) is 48.5 Å². The van der Waals surface area contributed by atoms with Crippen LogP contribution in [0.5, 0.6) is 0 Å². The predicted octanol–water partition coefficient (Wildman–Crippen LogP) is 3.40. The fraction of sp³-hybridized carbons (Fsp3) is 0.318. The lowest BCUT2D eigenvalue weighted by molar-refractivity contribution is -0.126. The first kappa shape index (κ1) is 20.5. The molecule has 3 rings (SSSR count). The third-order valence-electron chi connectivity index (χ3n) is 5.01. The minimum Gasteiger partial charge on any atom is -0.349 e. The van der Waals surface area contributed by atoms with Crippen molar-refractivity contribution in [3.63, 3.8) is 0 Å². The van der Waals surface area contributed by atoms with Gasteiger partial charge in [0.15, 0.2) is 0 Å². The van der Waals surface area contributed by atoms with E-state index in [1.165, 1.54) is 17.0 Å². The van der Waals surface area contributed by atoms with Gasteiger partial charge in [0, 0.05) is 25.1 Å². The first-order chi connectivity index (χ1) is 13.9. The lowest BCUT2D eigenvalue weighted by Crippen LogP contribution is -2.34. The number of para-hydroxylation sites is 1. The Morgan fingerprint density at radius 3 is 2.52 bits per heavy atom. The zero-order valence-electron chi connectivity index (χ0n) is 16.4. The molecule has 2 aromatic rings. The van der Waals surface area contributed by atoms with Crippen LogP contribution < -0.4 is 15.5 Å². The van der Waals surface area contributed by atoms with E-state index >= 15 is 0 Å². The quantitative estimate of drug-likeness (QED) is 0.784. The Balaban J connectivity index is 1.61. The number of carbonyl (C=O) groups excluding carboxylic acids is 3. The molecule has 2 aromatic carbocycles. The summed E-state index contributed by atoms with van der Waals surface area (Å²) in [6.07, 6.45) is 0.451. The number of halogens is 1. The molecule has 0 radical (unpaired) electrons. The molecule has 2 N–H and O–H groups in total. The van der Waals surface area contributed by atoms with Crippen molar-refractivity contribution in [1.82, 2.24) is 5.32 Å². The monoisotopic (exact) mass is 397 g/mol. The van der Waals surface area contributed by atoms with Crippen LogP contribution in [0, 0.1) is 11.7 Å². The summed E-state index contributed by atoms with van der Waals surface area (Å²) in [6, 6.07) is 13.0. The van der Waals surface area contributed by atoms with Crippen LogP contribution in [0.25, 0.3) is 0 Å². The molecule has 29 heavy (non-hydrogen) atoms. The van der Waals surface area contributed by atoms with E-state index in [1.807, 2.05) is 19.1 Å². The van der Waals surface area contributed by atoms with Crippen molar-refractivity contribution in [2.45, 2.75) is 32.7 Å². The highest BCUT2D eigenvalue weighted by molar-refractivity contribution is 6.00. The Hall–Kier alpha value is -3.22. The third kappa shape index (κ3) is 4.80. The van der Waals surface area contributed by atoms with Crippen molar-refractivity contribution >= 4 is 29.1 Å². The smallest absolute Gasteiger partial charge is 0.227 e. The van der Waals surface area contributed by atoms with Gasteiger partial charge < -0.3 is 15.5 Å².